The molecule has 2 heterocycles. The van der Waals surface area contributed by atoms with E-state index < -0.39 is 18.2 Å². The molecule has 26 heavy (non-hydrogen) atoms. The zero-order chi connectivity index (χ0) is 18.6. The molecule has 1 aromatic rings. The number of Topliss-reactive ketones (excluding diaryl/α,β-unsaturated/α-hetero) is 1. The van der Waals surface area contributed by atoms with Gasteiger partial charge in [-0.15, -0.1) is 0 Å². The van der Waals surface area contributed by atoms with Crippen LogP contribution in [-0.4, -0.2) is 41.3 Å². The van der Waals surface area contributed by atoms with E-state index in [0.29, 0.717) is 29.7 Å². The molecule has 2 N–H and O–H groups in total. The predicted octanol–water partition coefficient (Wildman–Crippen LogP) is 2.58. The Labute approximate surface area is 150 Å². The number of methoxy groups -OCH3 is 1. The van der Waals surface area contributed by atoms with Crippen LogP contribution >= 0.6 is 0 Å². The summed E-state index contributed by atoms with van der Waals surface area (Å²) < 4.78 is 16.4. The molecular weight excluding hydrogens is 340 g/mol. The number of rotatable bonds is 1. The van der Waals surface area contributed by atoms with Crippen LogP contribution in [0.4, 0.5) is 0 Å². The summed E-state index contributed by atoms with van der Waals surface area (Å²) in [6.07, 6.45) is -0.111. The molecule has 7 nitrogen and oxygen atoms in total. The third-order valence-electron chi connectivity index (χ3n) is 5.29. The number of benzene rings is 1. The fourth-order valence-electron chi connectivity index (χ4n) is 3.97. The minimum atomic E-state index is -0.636. The van der Waals surface area contributed by atoms with Gasteiger partial charge in [0.25, 0.3) is 0 Å². The largest absolute Gasteiger partial charge is 0.507 e. The molecule has 1 saturated heterocycles. The maximum absolute atomic E-state index is 12.6. The second-order valence-corrected chi connectivity index (χ2v) is 7.06. The number of carbonyl (C=O) groups excluding carboxylic acids is 2. The van der Waals surface area contributed by atoms with Gasteiger partial charge in [-0.3, -0.25) is 4.79 Å². The van der Waals surface area contributed by atoms with Gasteiger partial charge >= 0.3 is 5.97 Å². The lowest BCUT2D eigenvalue weighted by Crippen LogP contribution is -2.20. The molecule has 0 spiro atoms. The molecule has 138 valence electrons. The van der Waals surface area contributed by atoms with E-state index in [9.17, 15) is 19.8 Å². The SMILES string of the molecule is COc1cc(O)c2c(c1)[C@H]1O[C@@H]1CC1=C(O)C(=O)C[C@H]1C[C@H](C)OC2=O. The number of allylic oxidation sites excluding steroid dienone is 1. The summed E-state index contributed by atoms with van der Waals surface area (Å²) in [6, 6.07) is 3.01. The number of fused-ring (bicyclic) bond motifs is 4. The first-order valence-corrected chi connectivity index (χ1v) is 8.61. The number of ether oxygens (including phenoxy) is 3. The van der Waals surface area contributed by atoms with Gasteiger partial charge < -0.3 is 24.4 Å². The van der Waals surface area contributed by atoms with E-state index in [1.807, 2.05) is 0 Å². The highest BCUT2D eigenvalue weighted by molar-refractivity contribution is 5.97. The van der Waals surface area contributed by atoms with Crippen molar-refractivity contribution in [3.63, 3.8) is 0 Å². The molecule has 0 aromatic heterocycles. The Morgan fingerprint density at radius 1 is 1.19 bits per heavy atom. The van der Waals surface area contributed by atoms with Crippen molar-refractivity contribution < 1.29 is 34.0 Å². The van der Waals surface area contributed by atoms with Crippen LogP contribution in [0.2, 0.25) is 0 Å². The van der Waals surface area contributed by atoms with E-state index in [1.54, 1.807) is 13.0 Å². The monoisotopic (exact) mass is 360 g/mol. The lowest BCUT2D eigenvalue weighted by molar-refractivity contribution is -0.117. The number of aromatic hydroxyl groups is 1. The molecule has 1 aromatic carbocycles. The van der Waals surface area contributed by atoms with E-state index in [-0.39, 0.29) is 41.3 Å². The van der Waals surface area contributed by atoms with Gasteiger partial charge in [0.15, 0.2) is 11.5 Å². The van der Waals surface area contributed by atoms with E-state index >= 15 is 0 Å². The predicted molar refractivity (Wildman–Crippen MR) is 89.2 cm³/mol. The molecule has 7 heteroatoms. The number of phenolic OH excluding ortho intramolecular Hbond substituents is 1. The number of esters is 1. The number of phenols is 1. The second kappa shape index (κ2) is 6.02. The van der Waals surface area contributed by atoms with Gasteiger partial charge in [0.05, 0.1) is 19.3 Å². The molecule has 0 saturated carbocycles. The van der Waals surface area contributed by atoms with Crippen molar-refractivity contribution >= 4 is 11.8 Å². The van der Waals surface area contributed by atoms with Gasteiger partial charge in [-0.25, -0.2) is 4.79 Å². The van der Waals surface area contributed by atoms with Gasteiger partial charge in [-0.2, -0.15) is 0 Å². The first kappa shape index (κ1) is 16.9. The summed E-state index contributed by atoms with van der Waals surface area (Å²) in [6.45, 7) is 1.74. The Kier molecular flexibility index (Phi) is 3.91. The summed E-state index contributed by atoms with van der Waals surface area (Å²) in [5.41, 5.74) is 1.24. The third kappa shape index (κ3) is 2.72. The lowest BCUT2D eigenvalue weighted by Gasteiger charge is -2.19. The number of carbonyl (C=O) groups is 2. The van der Waals surface area contributed by atoms with Crippen LogP contribution in [-0.2, 0) is 14.3 Å². The van der Waals surface area contributed by atoms with Crippen molar-refractivity contribution in [3.05, 3.63) is 34.6 Å². The number of aliphatic hydroxyl groups is 1. The van der Waals surface area contributed by atoms with Gasteiger partial charge in [0.2, 0.25) is 0 Å². The second-order valence-electron chi connectivity index (χ2n) is 7.06. The number of epoxide rings is 1. The van der Waals surface area contributed by atoms with Crippen LogP contribution in [0.3, 0.4) is 0 Å². The summed E-state index contributed by atoms with van der Waals surface area (Å²) in [4.78, 5) is 24.6. The quantitative estimate of drug-likeness (QED) is 0.586. The number of hydrogen-bond acceptors (Lipinski definition) is 7. The molecule has 2 aliphatic heterocycles. The summed E-state index contributed by atoms with van der Waals surface area (Å²) in [5, 5.41) is 20.5. The first-order chi connectivity index (χ1) is 12.4. The topological polar surface area (TPSA) is 106 Å². The zero-order valence-corrected chi connectivity index (χ0v) is 14.5. The standard InChI is InChI=1S/C19H20O7/c1-8-3-9-4-14(21)17(22)11(9)7-15-18(26-15)12-5-10(24-2)6-13(20)16(12)19(23)25-8/h5-6,8-9,15,18,20,22H,3-4,7H2,1-2H3/t8-,9+,15+,18+/m0/s1. The van der Waals surface area contributed by atoms with Crippen LogP contribution in [0.5, 0.6) is 11.5 Å². The van der Waals surface area contributed by atoms with Crippen molar-refractivity contribution in [2.75, 3.05) is 7.11 Å². The van der Waals surface area contributed by atoms with Crippen LogP contribution in [0.1, 0.15) is 48.2 Å². The fraction of sp³-hybridized carbons (Fsp3) is 0.474. The highest BCUT2D eigenvalue weighted by Crippen LogP contribution is 2.49. The Morgan fingerprint density at radius 3 is 2.69 bits per heavy atom. The molecule has 0 radical (unpaired) electrons. The van der Waals surface area contributed by atoms with Gasteiger partial charge in [-0.1, -0.05) is 0 Å². The molecule has 1 aliphatic carbocycles. The Hall–Kier alpha value is -2.54. The highest BCUT2D eigenvalue weighted by Gasteiger charge is 2.47. The number of cyclic esters (lactones) is 1. The molecule has 0 bridgehead atoms. The lowest BCUT2D eigenvalue weighted by atomic mass is 9.91. The summed E-state index contributed by atoms with van der Waals surface area (Å²) >= 11 is 0. The van der Waals surface area contributed by atoms with Crippen molar-refractivity contribution in [1.29, 1.82) is 0 Å². The van der Waals surface area contributed by atoms with E-state index in [1.165, 1.54) is 13.2 Å². The number of ketones is 1. The molecule has 4 atom stereocenters. The average Bonchev–Trinajstić information content (AvgIpc) is 3.30. The van der Waals surface area contributed by atoms with Crippen molar-refractivity contribution in [3.8, 4) is 11.5 Å². The zero-order valence-electron chi connectivity index (χ0n) is 14.5. The third-order valence-corrected chi connectivity index (χ3v) is 5.29. The number of hydrogen-bond donors (Lipinski definition) is 2. The maximum Gasteiger partial charge on any atom is 0.342 e. The Bertz CT molecular complexity index is 825. The Morgan fingerprint density at radius 2 is 1.96 bits per heavy atom. The molecular formula is C19H20O7. The van der Waals surface area contributed by atoms with Gasteiger partial charge in [-0.05, 0) is 30.9 Å². The summed E-state index contributed by atoms with van der Waals surface area (Å²) in [7, 11) is 1.47. The minimum absolute atomic E-state index is 0.0755. The van der Waals surface area contributed by atoms with Crippen molar-refractivity contribution in [2.45, 2.75) is 44.5 Å². The maximum atomic E-state index is 12.6. The van der Waals surface area contributed by atoms with E-state index in [0.717, 1.165) is 0 Å². The molecule has 1 fully saturated rings. The molecule has 0 unspecified atom stereocenters. The highest BCUT2D eigenvalue weighted by atomic mass is 16.6. The minimum Gasteiger partial charge on any atom is -0.507 e. The fourth-order valence-corrected chi connectivity index (χ4v) is 3.97. The van der Waals surface area contributed by atoms with Gasteiger partial charge in [0.1, 0.15) is 23.2 Å². The number of aliphatic hydroxyl groups excluding tert-OH is 1. The van der Waals surface area contributed by atoms with Crippen molar-refractivity contribution in [2.24, 2.45) is 5.92 Å². The normalized spacial score (nSPS) is 30.7. The van der Waals surface area contributed by atoms with Crippen molar-refractivity contribution in [1.82, 2.24) is 0 Å². The molecule has 0 amide bonds. The van der Waals surface area contributed by atoms with Crippen LogP contribution in [0, 0.1) is 5.92 Å². The Balaban J connectivity index is 1.77. The van der Waals surface area contributed by atoms with Crippen LogP contribution in [0.25, 0.3) is 0 Å². The van der Waals surface area contributed by atoms with Crippen LogP contribution < -0.4 is 4.74 Å². The van der Waals surface area contributed by atoms with E-state index in [4.69, 9.17) is 14.2 Å². The first-order valence-electron chi connectivity index (χ1n) is 8.61. The van der Waals surface area contributed by atoms with E-state index in [2.05, 4.69) is 0 Å². The molecule has 4 rings (SSSR count). The van der Waals surface area contributed by atoms with Gasteiger partial charge in [0, 0.05) is 24.5 Å². The molecule has 3 aliphatic rings. The summed E-state index contributed by atoms with van der Waals surface area (Å²) in [5.74, 6) is -1.08. The average molecular weight is 360 g/mol. The van der Waals surface area contributed by atoms with Crippen LogP contribution in [0.15, 0.2) is 23.5 Å². The smallest absolute Gasteiger partial charge is 0.342 e.